The van der Waals surface area contributed by atoms with E-state index in [1.54, 1.807) is 0 Å². The Labute approximate surface area is 113 Å². The van der Waals surface area contributed by atoms with E-state index in [0.717, 1.165) is 11.0 Å². The lowest BCUT2D eigenvalue weighted by atomic mass is 9.78. The van der Waals surface area contributed by atoms with Crippen LogP contribution in [0.25, 0.3) is 0 Å². The van der Waals surface area contributed by atoms with Crippen LogP contribution in [0.2, 0.25) is 0 Å². The van der Waals surface area contributed by atoms with Crippen molar-refractivity contribution in [3.05, 3.63) is 29.8 Å². The molecule has 1 saturated heterocycles. The molecule has 102 valence electrons. The Balaban J connectivity index is 2.09. The fourth-order valence-corrected chi connectivity index (χ4v) is 2.04. The van der Waals surface area contributed by atoms with Crippen LogP contribution in [0.4, 0.5) is 0 Å². The van der Waals surface area contributed by atoms with E-state index in [-0.39, 0.29) is 25.2 Å². The van der Waals surface area contributed by atoms with Gasteiger partial charge in [0.25, 0.3) is 0 Å². The second kappa shape index (κ2) is 5.35. The summed E-state index contributed by atoms with van der Waals surface area (Å²) in [6.07, 6.45) is 0.687. The highest BCUT2D eigenvalue weighted by molar-refractivity contribution is 6.62. The third-order valence-corrected chi connectivity index (χ3v) is 3.57. The Kier molecular flexibility index (Phi) is 3.97. The molecule has 0 aromatic heterocycles. The average molecular weight is 262 g/mol. The van der Waals surface area contributed by atoms with E-state index in [1.807, 2.05) is 45.0 Å². The first-order valence-electron chi connectivity index (χ1n) is 6.52. The fraction of sp³-hybridized carbons (Fsp3) is 0.500. The standard InChI is InChI=1S/C14H19BO4/c1-10-14(2,3)19-15(18-10)12-6-4-5-11(9-12)7-8-13(16)17/h4-6,9-10H,7-8H2,1-3H3,(H,16,17). The van der Waals surface area contributed by atoms with Crippen LogP contribution in [0, 0.1) is 0 Å². The van der Waals surface area contributed by atoms with Gasteiger partial charge < -0.3 is 14.4 Å². The second-order valence-corrected chi connectivity index (χ2v) is 5.47. The number of carboxylic acids is 1. The zero-order chi connectivity index (χ0) is 14.0. The molecule has 0 saturated carbocycles. The molecule has 1 aromatic rings. The molecule has 0 radical (unpaired) electrons. The Morgan fingerprint density at radius 3 is 2.79 bits per heavy atom. The van der Waals surface area contributed by atoms with Crippen molar-refractivity contribution >= 4 is 18.6 Å². The van der Waals surface area contributed by atoms with Crippen LogP contribution < -0.4 is 5.46 Å². The van der Waals surface area contributed by atoms with Crippen LogP contribution in [-0.2, 0) is 20.5 Å². The summed E-state index contributed by atoms with van der Waals surface area (Å²) in [5.74, 6) is -0.784. The Bertz CT molecular complexity index is 472. The first kappa shape index (κ1) is 14.1. The first-order valence-corrected chi connectivity index (χ1v) is 6.52. The Morgan fingerprint density at radius 1 is 1.47 bits per heavy atom. The average Bonchev–Trinajstić information content (AvgIpc) is 2.62. The quantitative estimate of drug-likeness (QED) is 0.837. The van der Waals surface area contributed by atoms with Crippen molar-refractivity contribution in [2.24, 2.45) is 0 Å². The molecule has 5 heteroatoms. The van der Waals surface area contributed by atoms with Gasteiger partial charge in [0, 0.05) is 6.42 Å². The summed E-state index contributed by atoms with van der Waals surface area (Å²) in [4.78, 5) is 10.6. The van der Waals surface area contributed by atoms with E-state index < -0.39 is 5.97 Å². The number of rotatable bonds is 4. The molecule has 4 nitrogen and oxygen atoms in total. The molecule has 1 atom stereocenters. The molecule has 2 rings (SSSR count). The molecule has 1 heterocycles. The largest absolute Gasteiger partial charge is 0.494 e. The molecule has 1 unspecified atom stereocenters. The van der Waals surface area contributed by atoms with Crippen LogP contribution >= 0.6 is 0 Å². The molecule has 1 N–H and O–H groups in total. The van der Waals surface area contributed by atoms with Gasteiger partial charge in [-0.05, 0) is 38.2 Å². The molecule has 0 bridgehead atoms. The Hall–Kier alpha value is -1.33. The summed E-state index contributed by atoms with van der Waals surface area (Å²) in [7, 11) is -0.366. The summed E-state index contributed by atoms with van der Waals surface area (Å²) in [6.45, 7) is 6.01. The summed E-state index contributed by atoms with van der Waals surface area (Å²) >= 11 is 0. The van der Waals surface area contributed by atoms with Crippen molar-refractivity contribution in [1.29, 1.82) is 0 Å². The van der Waals surface area contributed by atoms with Gasteiger partial charge in [0.2, 0.25) is 0 Å². The number of hydrogen-bond donors (Lipinski definition) is 1. The third-order valence-electron chi connectivity index (χ3n) is 3.57. The van der Waals surface area contributed by atoms with Crippen molar-refractivity contribution in [3.8, 4) is 0 Å². The van der Waals surface area contributed by atoms with Gasteiger partial charge in [-0.1, -0.05) is 24.3 Å². The van der Waals surface area contributed by atoms with E-state index in [4.69, 9.17) is 14.4 Å². The summed E-state index contributed by atoms with van der Waals surface area (Å²) in [6, 6.07) is 7.75. The summed E-state index contributed by atoms with van der Waals surface area (Å²) in [5.41, 5.74) is 1.63. The van der Waals surface area contributed by atoms with Crippen LogP contribution in [0.3, 0.4) is 0 Å². The Morgan fingerprint density at radius 2 is 2.21 bits per heavy atom. The zero-order valence-electron chi connectivity index (χ0n) is 11.6. The van der Waals surface area contributed by atoms with Gasteiger partial charge >= 0.3 is 13.1 Å². The summed E-state index contributed by atoms with van der Waals surface area (Å²) < 4.78 is 11.7. The van der Waals surface area contributed by atoms with Gasteiger partial charge in [-0.15, -0.1) is 0 Å². The highest BCUT2D eigenvalue weighted by Gasteiger charge is 2.43. The van der Waals surface area contributed by atoms with Crippen molar-refractivity contribution < 1.29 is 19.2 Å². The SMILES string of the molecule is CC1OB(c2cccc(CCC(=O)O)c2)OC1(C)C. The molecule has 19 heavy (non-hydrogen) atoms. The van der Waals surface area contributed by atoms with Gasteiger partial charge in [-0.25, -0.2) is 0 Å². The minimum atomic E-state index is -0.784. The number of hydrogen-bond acceptors (Lipinski definition) is 3. The molecular formula is C14H19BO4. The van der Waals surface area contributed by atoms with E-state index in [1.165, 1.54) is 0 Å². The lowest BCUT2D eigenvalue weighted by Crippen LogP contribution is -2.34. The summed E-state index contributed by atoms with van der Waals surface area (Å²) in [5, 5.41) is 8.71. The predicted octanol–water partition coefficient (Wildman–Crippen LogP) is 1.61. The smallest absolute Gasteiger partial charge is 0.481 e. The number of aryl methyl sites for hydroxylation is 1. The molecule has 0 spiro atoms. The minimum absolute atomic E-state index is 0.0279. The highest BCUT2D eigenvalue weighted by atomic mass is 16.7. The van der Waals surface area contributed by atoms with Gasteiger partial charge in [0.1, 0.15) is 0 Å². The topological polar surface area (TPSA) is 55.8 Å². The molecule has 0 amide bonds. The zero-order valence-corrected chi connectivity index (χ0v) is 11.6. The molecule has 1 fully saturated rings. The van der Waals surface area contributed by atoms with Gasteiger partial charge in [-0.3, -0.25) is 4.79 Å². The van der Waals surface area contributed by atoms with Crippen LogP contribution in [0.1, 0.15) is 32.8 Å². The van der Waals surface area contributed by atoms with Gasteiger partial charge in [0.15, 0.2) is 0 Å². The number of carboxylic acid groups (broad SMARTS) is 1. The van der Waals surface area contributed by atoms with Crippen molar-refractivity contribution in [3.63, 3.8) is 0 Å². The maximum Gasteiger partial charge on any atom is 0.494 e. The fourth-order valence-electron chi connectivity index (χ4n) is 2.04. The maximum absolute atomic E-state index is 10.6. The highest BCUT2D eigenvalue weighted by Crippen LogP contribution is 2.26. The van der Waals surface area contributed by atoms with Crippen LogP contribution in [-0.4, -0.2) is 29.9 Å². The molecule has 1 aliphatic rings. The van der Waals surface area contributed by atoms with Crippen molar-refractivity contribution in [1.82, 2.24) is 0 Å². The molecule has 1 aliphatic heterocycles. The van der Waals surface area contributed by atoms with E-state index in [2.05, 4.69) is 0 Å². The predicted molar refractivity (Wildman–Crippen MR) is 73.5 cm³/mol. The normalized spacial score (nSPS) is 21.6. The van der Waals surface area contributed by atoms with Crippen LogP contribution in [0.5, 0.6) is 0 Å². The molecule has 0 aliphatic carbocycles. The van der Waals surface area contributed by atoms with E-state index >= 15 is 0 Å². The molecule has 1 aromatic carbocycles. The minimum Gasteiger partial charge on any atom is -0.481 e. The number of aliphatic carboxylic acids is 1. The van der Waals surface area contributed by atoms with Gasteiger partial charge in [-0.2, -0.15) is 0 Å². The van der Waals surface area contributed by atoms with Gasteiger partial charge in [0.05, 0.1) is 11.7 Å². The second-order valence-electron chi connectivity index (χ2n) is 5.47. The first-order chi connectivity index (χ1) is 8.88. The van der Waals surface area contributed by atoms with E-state index in [9.17, 15) is 4.79 Å². The van der Waals surface area contributed by atoms with Crippen LogP contribution in [0.15, 0.2) is 24.3 Å². The lowest BCUT2D eigenvalue weighted by Gasteiger charge is -2.21. The monoisotopic (exact) mass is 262 g/mol. The number of benzene rings is 1. The van der Waals surface area contributed by atoms with E-state index in [0.29, 0.717) is 6.42 Å². The van der Waals surface area contributed by atoms with Crippen molar-refractivity contribution in [2.75, 3.05) is 0 Å². The number of carbonyl (C=O) groups is 1. The molecular weight excluding hydrogens is 243 g/mol. The lowest BCUT2D eigenvalue weighted by molar-refractivity contribution is -0.136. The van der Waals surface area contributed by atoms with Crippen molar-refractivity contribution in [2.45, 2.75) is 45.3 Å². The third kappa shape index (κ3) is 3.36. The maximum atomic E-state index is 10.6.